The van der Waals surface area contributed by atoms with Gasteiger partial charge in [-0.2, -0.15) is 0 Å². The summed E-state index contributed by atoms with van der Waals surface area (Å²) >= 11 is 2.88. The summed E-state index contributed by atoms with van der Waals surface area (Å²) in [5, 5.41) is 3.90. The number of hydrogen-bond donors (Lipinski definition) is 1. The van der Waals surface area contributed by atoms with Crippen molar-refractivity contribution < 1.29 is 4.79 Å². The van der Waals surface area contributed by atoms with Gasteiger partial charge in [0, 0.05) is 22.9 Å². The molecule has 0 saturated carbocycles. The summed E-state index contributed by atoms with van der Waals surface area (Å²) < 4.78 is 3.83. The maximum atomic E-state index is 12.6. The molecular formula is C12H12N4OS2. The summed E-state index contributed by atoms with van der Waals surface area (Å²) in [4.78, 5) is 16.0. The van der Waals surface area contributed by atoms with Crippen LogP contribution in [-0.2, 0) is 0 Å². The molecule has 19 heavy (non-hydrogen) atoms. The zero-order valence-corrected chi connectivity index (χ0v) is 11.9. The maximum Gasteiger partial charge on any atom is 0.271 e. The number of nitrogens with two attached hydrogens (primary N) is 1. The number of thioether (sulfide) groups is 1. The second-order valence-electron chi connectivity index (χ2n) is 4.22. The first-order chi connectivity index (χ1) is 9.16. The summed E-state index contributed by atoms with van der Waals surface area (Å²) in [5.74, 6) is 0.841. The van der Waals surface area contributed by atoms with E-state index in [0.29, 0.717) is 22.8 Å². The van der Waals surface area contributed by atoms with Crippen LogP contribution in [0, 0.1) is 6.92 Å². The highest BCUT2D eigenvalue weighted by Crippen LogP contribution is 2.37. The van der Waals surface area contributed by atoms with Gasteiger partial charge in [-0.25, -0.2) is 0 Å². The number of carbonyl (C=O) groups is 1. The summed E-state index contributed by atoms with van der Waals surface area (Å²) in [7, 11) is 0. The molecule has 7 heteroatoms. The largest absolute Gasteiger partial charge is 0.399 e. The lowest BCUT2D eigenvalue weighted by molar-refractivity contribution is 0.0991. The van der Waals surface area contributed by atoms with E-state index in [0.717, 1.165) is 27.9 Å². The van der Waals surface area contributed by atoms with Gasteiger partial charge < -0.3 is 10.6 Å². The highest BCUT2D eigenvalue weighted by molar-refractivity contribution is 7.99. The van der Waals surface area contributed by atoms with Crippen LogP contribution in [-0.4, -0.2) is 27.8 Å². The minimum absolute atomic E-state index is 0.0420. The number of rotatable bonds is 1. The van der Waals surface area contributed by atoms with E-state index in [9.17, 15) is 4.79 Å². The van der Waals surface area contributed by atoms with Crippen molar-refractivity contribution in [2.75, 3.05) is 22.9 Å². The quantitative estimate of drug-likeness (QED) is 0.816. The normalized spacial score (nSPS) is 14.3. The van der Waals surface area contributed by atoms with Crippen LogP contribution in [0.3, 0.4) is 0 Å². The van der Waals surface area contributed by atoms with Crippen molar-refractivity contribution in [1.29, 1.82) is 0 Å². The molecule has 1 aromatic heterocycles. The molecule has 2 heterocycles. The Hall–Kier alpha value is -1.60. The van der Waals surface area contributed by atoms with Gasteiger partial charge in [0.25, 0.3) is 5.91 Å². The van der Waals surface area contributed by atoms with E-state index in [1.54, 1.807) is 23.6 Å². The number of benzene rings is 1. The first-order valence-electron chi connectivity index (χ1n) is 5.80. The third-order valence-corrected chi connectivity index (χ3v) is 4.80. The topological polar surface area (TPSA) is 72.1 Å². The van der Waals surface area contributed by atoms with Gasteiger partial charge >= 0.3 is 0 Å². The van der Waals surface area contributed by atoms with E-state index < -0.39 is 0 Å². The van der Waals surface area contributed by atoms with E-state index in [2.05, 4.69) is 9.59 Å². The van der Waals surface area contributed by atoms with Gasteiger partial charge in [0.1, 0.15) is 4.88 Å². The molecule has 1 aliphatic heterocycles. The highest BCUT2D eigenvalue weighted by Gasteiger charge is 2.26. The number of anilines is 2. The number of carbonyl (C=O) groups excluding carboxylic acids is 1. The van der Waals surface area contributed by atoms with Crippen LogP contribution < -0.4 is 10.6 Å². The molecule has 0 unspecified atom stereocenters. The minimum Gasteiger partial charge on any atom is -0.399 e. The molecule has 2 aromatic rings. The predicted molar refractivity (Wildman–Crippen MR) is 77.9 cm³/mol. The zero-order chi connectivity index (χ0) is 13.4. The lowest BCUT2D eigenvalue weighted by Crippen LogP contribution is -2.35. The Kier molecular flexibility index (Phi) is 3.16. The molecule has 0 radical (unpaired) electrons. The Labute approximate surface area is 119 Å². The van der Waals surface area contributed by atoms with Crippen molar-refractivity contribution in [1.82, 2.24) is 9.59 Å². The van der Waals surface area contributed by atoms with Gasteiger partial charge in [0.05, 0.1) is 11.4 Å². The molecule has 1 aromatic carbocycles. The molecule has 3 rings (SSSR count). The lowest BCUT2D eigenvalue weighted by atomic mass is 10.2. The molecule has 0 bridgehead atoms. The molecule has 1 aliphatic rings. The fourth-order valence-electron chi connectivity index (χ4n) is 2.00. The van der Waals surface area contributed by atoms with E-state index in [4.69, 9.17) is 5.73 Å². The molecule has 98 valence electrons. The van der Waals surface area contributed by atoms with Crippen molar-refractivity contribution in [2.45, 2.75) is 11.8 Å². The zero-order valence-electron chi connectivity index (χ0n) is 10.3. The monoisotopic (exact) mass is 292 g/mol. The summed E-state index contributed by atoms with van der Waals surface area (Å²) in [5.41, 5.74) is 8.05. The van der Waals surface area contributed by atoms with Crippen molar-refractivity contribution in [2.24, 2.45) is 0 Å². The number of aromatic nitrogens is 2. The van der Waals surface area contributed by atoms with Crippen molar-refractivity contribution in [3.05, 3.63) is 28.8 Å². The molecule has 0 saturated heterocycles. The average Bonchev–Trinajstić information content (AvgIpc) is 2.83. The number of aryl methyl sites for hydroxylation is 1. The van der Waals surface area contributed by atoms with Gasteiger partial charge in [-0.3, -0.25) is 4.79 Å². The van der Waals surface area contributed by atoms with Crippen LogP contribution in [0.5, 0.6) is 0 Å². The van der Waals surface area contributed by atoms with Crippen molar-refractivity contribution >= 4 is 40.6 Å². The molecular weight excluding hydrogens is 280 g/mol. The smallest absolute Gasteiger partial charge is 0.271 e. The van der Waals surface area contributed by atoms with Crippen LogP contribution in [0.4, 0.5) is 11.4 Å². The number of nitrogen functional groups attached to an aromatic ring is 1. The van der Waals surface area contributed by atoms with Crippen LogP contribution in [0.15, 0.2) is 23.1 Å². The molecule has 2 N–H and O–H groups in total. The Morgan fingerprint density at radius 3 is 3.05 bits per heavy atom. The fourth-order valence-corrected chi connectivity index (χ4v) is 3.58. The number of fused-ring (bicyclic) bond motifs is 1. The van der Waals surface area contributed by atoms with Gasteiger partial charge in [-0.05, 0) is 36.7 Å². The van der Waals surface area contributed by atoms with Crippen LogP contribution >= 0.6 is 23.3 Å². The van der Waals surface area contributed by atoms with Gasteiger partial charge in [-0.1, -0.05) is 4.49 Å². The first-order valence-corrected chi connectivity index (χ1v) is 7.56. The fraction of sp³-hybridized carbons (Fsp3) is 0.250. The molecule has 0 aliphatic carbocycles. The first kappa shape index (κ1) is 12.4. The summed E-state index contributed by atoms with van der Waals surface area (Å²) in [6, 6.07) is 5.68. The van der Waals surface area contributed by atoms with E-state index in [-0.39, 0.29) is 5.91 Å². The van der Waals surface area contributed by atoms with E-state index in [1.807, 2.05) is 18.2 Å². The van der Waals surface area contributed by atoms with Crippen LogP contribution in [0.2, 0.25) is 0 Å². The molecule has 0 atom stereocenters. The Morgan fingerprint density at radius 2 is 2.32 bits per heavy atom. The number of amides is 1. The van der Waals surface area contributed by atoms with Gasteiger partial charge in [0.2, 0.25) is 0 Å². The second kappa shape index (κ2) is 4.82. The van der Waals surface area contributed by atoms with Crippen LogP contribution in [0.25, 0.3) is 0 Å². The average molecular weight is 292 g/mol. The van der Waals surface area contributed by atoms with E-state index >= 15 is 0 Å². The number of hydrogen-bond acceptors (Lipinski definition) is 6. The lowest BCUT2D eigenvalue weighted by Gasteiger charge is -2.28. The third-order valence-electron chi connectivity index (χ3n) is 2.94. The highest BCUT2D eigenvalue weighted by atomic mass is 32.2. The molecule has 5 nitrogen and oxygen atoms in total. The molecule has 0 spiro atoms. The standard InChI is InChI=1S/C12H12N4OS2/c1-7-11(19-15-14-7)12(17)16-4-5-18-10-3-2-8(13)6-9(10)16/h2-3,6H,4-5,13H2,1H3. The van der Waals surface area contributed by atoms with E-state index in [1.165, 1.54) is 0 Å². The molecule has 1 amide bonds. The van der Waals surface area contributed by atoms with Crippen molar-refractivity contribution in [3.63, 3.8) is 0 Å². The molecule has 0 fully saturated rings. The number of nitrogens with zero attached hydrogens (tertiary/aromatic N) is 3. The predicted octanol–water partition coefficient (Wildman–Crippen LogP) is 2.18. The summed E-state index contributed by atoms with van der Waals surface area (Å²) in [6.45, 7) is 2.48. The maximum absolute atomic E-state index is 12.6. The third kappa shape index (κ3) is 2.19. The summed E-state index contributed by atoms with van der Waals surface area (Å²) in [6.07, 6.45) is 0. The Morgan fingerprint density at radius 1 is 1.47 bits per heavy atom. The Balaban J connectivity index is 2.02. The van der Waals surface area contributed by atoms with Crippen molar-refractivity contribution in [3.8, 4) is 0 Å². The van der Waals surface area contributed by atoms with Gasteiger partial charge in [-0.15, -0.1) is 16.9 Å². The second-order valence-corrected chi connectivity index (χ2v) is 6.11. The van der Waals surface area contributed by atoms with Gasteiger partial charge in [0.15, 0.2) is 0 Å². The Bertz CT molecular complexity index is 640. The SMILES string of the molecule is Cc1nnsc1C(=O)N1CCSc2ccc(N)cc21. The minimum atomic E-state index is -0.0420. The van der Waals surface area contributed by atoms with Crippen LogP contribution in [0.1, 0.15) is 15.4 Å².